The standard InChI is InChI=1S/C14H19N3O2S/c1-14(16,12(15)18)8-4-5-9-20-13-17-10-6-2-3-7-11(10)19-13/h2-3,6-7H,4-5,8-9,16H2,1H3,(H2,15,18). The summed E-state index contributed by atoms with van der Waals surface area (Å²) in [6.45, 7) is 1.67. The highest BCUT2D eigenvalue weighted by atomic mass is 32.2. The van der Waals surface area contributed by atoms with Crippen LogP contribution in [-0.2, 0) is 4.79 Å². The molecule has 4 N–H and O–H groups in total. The van der Waals surface area contributed by atoms with Crippen molar-refractivity contribution in [2.75, 3.05) is 5.75 Å². The summed E-state index contributed by atoms with van der Waals surface area (Å²) in [4.78, 5) is 15.5. The number of amides is 1. The molecule has 0 aliphatic rings. The summed E-state index contributed by atoms with van der Waals surface area (Å²) >= 11 is 1.57. The quantitative estimate of drug-likeness (QED) is 0.603. The first-order chi connectivity index (χ1) is 9.49. The molecule has 1 aromatic heterocycles. The van der Waals surface area contributed by atoms with E-state index in [9.17, 15) is 4.79 Å². The topological polar surface area (TPSA) is 95.1 Å². The van der Waals surface area contributed by atoms with Crippen LogP contribution in [0.1, 0.15) is 26.2 Å². The maximum atomic E-state index is 11.1. The number of hydrogen-bond donors (Lipinski definition) is 2. The van der Waals surface area contributed by atoms with Gasteiger partial charge in [-0.15, -0.1) is 0 Å². The van der Waals surface area contributed by atoms with E-state index >= 15 is 0 Å². The van der Waals surface area contributed by atoms with Gasteiger partial charge in [0, 0.05) is 5.75 Å². The largest absolute Gasteiger partial charge is 0.431 e. The second-order valence-electron chi connectivity index (χ2n) is 5.03. The molecule has 1 amide bonds. The fraction of sp³-hybridized carbons (Fsp3) is 0.429. The average molecular weight is 293 g/mol. The molecule has 0 radical (unpaired) electrons. The van der Waals surface area contributed by atoms with Crippen LogP contribution in [-0.4, -0.2) is 22.2 Å². The van der Waals surface area contributed by atoms with E-state index in [1.54, 1.807) is 18.7 Å². The molecule has 1 aromatic carbocycles. The van der Waals surface area contributed by atoms with Gasteiger partial charge in [0.25, 0.3) is 5.22 Å². The number of thioether (sulfide) groups is 1. The molecule has 0 bridgehead atoms. The third kappa shape index (κ3) is 3.74. The molecule has 2 rings (SSSR count). The number of benzene rings is 1. The Morgan fingerprint density at radius 3 is 2.85 bits per heavy atom. The van der Waals surface area contributed by atoms with Gasteiger partial charge >= 0.3 is 0 Å². The fourth-order valence-electron chi connectivity index (χ4n) is 1.79. The Kier molecular flexibility index (Phi) is 4.67. The molecule has 0 spiro atoms. The van der Waals surface area contributed by atoms with Crippen LogP contribution < -0.4 is 11.5 Å². The lowest BCUT2D eigenvalue weighted by atomic mass is 9.96. The molecule has 5 nitrogen and oxygen atoms in total. The number of aromatic nitrogens is 1. The molecule has 20 heavy (non-hydrogen) atoms. The summed E-state index contributed by atoms with van der Waals surface area (Å²) in [6, 6.07) is 7.69. The minimum atomic E-state index is -0.914. The van der Waals surface area contributed by atoms with Crippen LogP contribution in [0.15, 0.2) is 33.9 Å². The molecule has 2 aromatic rings. The van der Waals surface area contributed by atoms with Gasteiger partial charge in [-0.2, -0.15) is 0 Å². The highest BCUT2D eigenvalue weighted by molar-refractivity contribution is 7.99. The van der Waals surface area contributed by atoms with Gasteiger partial charge in [-0.05, 0) is 31.9 Å². The van der Waals surface area contributed by atoms with Crippen molar-refractivity contribution < 1.29 is 9.21 Å². The second kappa shape index (κ2) is 6.28. The van der Waals surface area contributed by atoms with Crippen molar-refractivity contribution in [1.82, 2.24) is 4.98 Å². The van der Waals surface area contributed by atoms with Crippen molar-refractivity contribution in [1.29, 1.82) is 0 Å². The number of nitrogens with two attached hydrogens (primary N) is 2. The molecule has 1 unspecified atom stereocenters. The van der Waals surface area contributed by atoms with Gasteiger partial charge in [-0.1, -0.05) is 30.3 Å². The molecule has 0 fully saturated rings. The van der Waals surface area contributed by atoms with E-state index in [4.69, 9.17) is 15.9 Å². The van der Waals surface area contributed by atoms with Crippen LogP contribution in [0.2, 0.25) is 0 Å². The molecule has 0 saturated carbocycles. The van der Waals surface area contributed by atoms with Gasteiger partial charge in [0.15, 0.2) is 5.58 Å². The normalized spacial score (nSPS) is 14.3. The molecule has 108 valence electrons. The Morgan fingerprint density at radius 2 is 2.15 bits per heavy atom. The molecule has 1 heterocycles. The lowest BCUT2D eigenvalue weighted by Crippen LogP contribution is -2.49. The first-order valence-electron chi connectivity index (χ1n) is 6.56. The number of para-hydroxylation sites is 2. The molecule has 0 saturated heterocycles. The number of rotatable bonds is 7. The zero-order valence-corrected chi connectivity index (χ0v) is 12.3. The average Bonchev–Trinajstić information content (AvgIpc) is 2.80. The third-order valence-corrected chi connectivity index (χ3v) is 4.07. The van der Waals surface area contributed by atoms with Crippen LogP contribution in [0, 0.1) is 0 Å². The number of carbonyl (C=O) groups excluding carboxylic acids is 1. The van der Waals surface area contributed by atoms with Crippen molar-refractivity contribution in [2.45, 2.75) is 36.9 Å². The van der Waals surface area contributed by atoms with Crippen LogP contribution in [0.4, 0.5) is 0 Å². The van der Waals surface area contributed by atoms with Crippen molar-refractivity contribution in [3.8, 4) is 0 Å². The first-order valence-corrected chi connectivity index (χ1v) is 7.55. The summed E-state index contributed by atoms with van der Waals surface area (Å²) < 4.78 is 5.61. The predicted molar refractivity (Wildman–Crippen MR) is 80.4 cm³/mol. The molecular weight excluding hydrogens is 274 g/mol. The number of fused-ring (bicyclic) bond motifs is 1. The van der Waals surface area contributed by atoms with Crippen LogP contribution in [0.3, 0.4) is 0 Å². The first kappa shape index (κ1) is 14.9. The molecule has 6 heteroatoms. The number of carbonyl (C=O) groups is 1. The van der Waals surface area contributed by atoms with E-state index in [1.807, 2.05) is 24.3 Å². The zero-order chi connectivity index (χ0) is 14.6. The third-order valence-electron chi connectivity index (χ3n) is 3.15. The molecular formula is C14H19N3O2S. The highest BCUT2D eigenvalue weighted by Gasteiger charge is 2.24. The van der Waals surface area contributed by atoms with Gasteiger partial charge in [0.2, 0.25) is 5.91 Å². The summed E-state index contributed by atoms with van der Waals surface area (Å²) in [5.74, 6) is 0.422. The van der Waals surface area contributed by atoms with Crippen molar-refractivity contribution >= 4 is 28.8 Å². The van der Waals surface area contributed by atoms with E-state index in [0.717, 1.165) is 29.7 Å². The monoisotopic (exact) mass is 293 g/mol. The van der Waals surface area contributed by atoms with Gasteiger partial charge < -0.3 is 15.9 Å². The number of primary amides is 1. The van der Waals surface area contributed by atoms with Crippen LogP contribution in [0.25, 0.3) is 11.1 Å². The SMILES string of the molecule is CC(N)(CCCCSc1nc2ccccc2o1)C(N)=O. The van der Waals surface area contributed by atoms with Gasteiger partial charge in [-0.3, -0.25) is 4.79 Å². The predicted octanol–water partition coefficient (Wildman–Crippen LogP) is 2.29. The minimum absolute atomic E-state index is 0.455. The Balaban J connectivity index is 1.75. The van der Waals surface area contributed by atoms with Crippen LogP contribution >= 0.6 is 11.8 Å². The van der Waals surface area contributed by atoms with E-state index in [2.05, 4.69) is 4.98 Å². The Morgan fingerprint density at radius 1 is 1.40 bits per heavy atom. The lowest BCUT2D eigenvalue weighted by molar-refractivity contribution is -0.122. The van der Waals surface area contributed by atoms with Crippen molar-refractivity contribution in [3.63, 3.8) is 0 Å². The summed E-state index contributed by atoms with van der Waals surface area (Å²) in [5.41, 5.74) is 11.8. The maximum Gasteiger partial charge on any atom is 0.256 e. The molecule has 0 aliphatic heterocycles. The minimum Gasteiger partial charge on any atom is -0.431 e. The van der Waals surface area contributed by atoms with E-state index < -0.39 is 11.4 Å². The second-order valence-corrected chi connectivity index (χ2v) is 6.08. The van der Waals surface area contributed by atoms with Crippen LogP contribution in [0.5, 0.6) is 0 Å². The Hall–Kier alpha value is -1.53. The zero-order valence-electron chi connectivity index (χ0n) is 11.5. The molecule has 1 atom stereocenters. The summed E-state index contributed by atoms with van der Waals surface area (Å²) in [6.07, 6.45) is 2.38. The number of unbranched alkanes of at least 4 members (excludes halogenated alkanes) is 1. The van der Waals surface area contributed by atoms with Gasteiger partial charge in [-0.25, -0.2) is 4.98 Å². The van der Waals surface area contributed by atoms with E-state index in [1.165, 1.54) is 0 Å². The van der Waals surface area contributed by atoms with Gasteiger partial charge in [0.05, 0.1) is 5.54 Å². The number of hydrogen-bond acceptors (Lipinski definition) is 5. The lowest BCUT2D eigenvalue weighted by Gasteiger charge is -2.19. The maximum absolute atomic E-state index is 11.1. The fourth-order valence-corrected chi connectivity index (χ4v) is 2.62. The molecule has 0 aliphatic carbocycles. The summed E-state index contributed by atoms with van der Waals surface area (Å²) in [7, 11) is 0. The van der Waals surface area contributed by atoms with Crippen molar-refractivity contribution in [2.24, 2.45) is 11.5 Å². The number of oxazole rings is 1. The van der Waals surface area contributed by atoms with Crippen molar-refractivity contribution in [3.05, 3.63) is 24.3 Å². The Bertz CT molecular complexity index is 562. The van der Waals surface area contributed by atoms with E-state index in [0.29, 0.717) is 11.6 Å². The highest BCUT2D eigenvalue weighted by Crippen LogP contribution is 2.24. The van der Waals surface area contributed by atoms with E-state index in [-0.39, 0.29) is 0 Å². The number of nitrogens with zero attached hydrogens (tertiary/aromatic N) is 1. The summed E-state index contributed by atoms with van der Waals surface area (Å²) in [5, 5.41) is 0.677. The smallest absolute Gasteiger partial charge is 0.256 e. The Labute approximate surface area is 122 Å². The van der Waals surface area contributed by atoms with Gasteiger partial charge in [0.1, 0.15) is 5.52 Å².